The van der Waals surface area contributed by atoms with Crippen LogP contribution >= 0.6 is 0 Å². The molecule has 0 amide bonds. The molecular weight excluding hydrogens is 383 g/mol. The summed E-state index contributed by atoms with van der Waals surface area (Å²) >= 11 is 0. The minimum atomic E-state index is -4.10. The zero-order valence-electron chi connectivity index (χ0n) is 19.0. The van der Waals surface area contributed by atoms with Crippen LogP contribution in [-0.2, 0) is 10.1 Å². The summed E-state index contributed by atoms with van der Waals surface area (Å²) < 4.78 is 33.0. The third-order valence-electron chi connectivity index (χ3n) is 5.65. The average molecular weight is 429 g/mol. The van der Waals surface area contributed by atoms with Crippen LogP contribution in [0.5, 0.6) is 0 Å². The molecule has 0 saturated carbocycles. The zero-order chi connectivity index (χ0) is 20.4. The first-order valence-electron chi connectivity index (χ1n) is 11.5. The minimum absolute atomic E-state index is 0. The fraction of sp³-hybridized carbons (Fsp3) is 1.00. The minimum Gasteiger partial charge on any atom is -0.748 e. The Morgan fingerprint density at radius 2 is 0.964 bits per heavy atom. The predicted molar refractivity (Wildman–Crippen MR) is 114 cm³/mol. The van der Waals surface area contributed by atoms with Gasteiger partial charge in [0.05, 0.1) is 16.2 Å². The molecule has 0 aromatic heterocycles. The van der Waals surface area contributed by atoms with Crippen molar-refractivity contribution in [1.82, 2.24) is 0 Å². The van der Waals surface area contributed by atoms with Crippen molar-refractivity contribution in [2.24, 2.45) is 0 Å². The molecule has 0 aliphatic heterocycles. The predicted octanol–water partition coefficient (Wildman–Crippen LogP) is 3.33. The van der Waals surface area contributed by atoms with Gasteiger partial charge in [-0.05, 0) is 25.7 Å². The van der Waals surface area contributed by atoms with E-state index < -0.39 is 15.4 Å². The summed E-state index contributed by atoms with van der Waals surface area (Å²) in [5, 5.41) is 8.81. The fourth-order valence-corrected chi connectivity index (χ4v) is 4.49. The van der Waals surface area contributed by atoms with E-state index in [9.17, 15) is 18.1 Å². The number of unbranched alkanes of at least 4 members (excludes halogenated alkanes) is 13. The van der Waals surface area contributed by atoms with Crippen LogP contribution in [0.2, 0.25) is 0 Å². The first-order valence-corrected chi connectivity index (χ1v) is 13.0. The Bertz CT molecular complexity index is 415. The maximum atomic E-state index is 11.0. The second-order valence-corrected chi connectivity index (χ2v) is 9.76. The molecule has 0 fully saturated rings. The van der Waals surface area contributed by atoms with Gasteiger partial charge in [-0.15, -0.1) is 0 Å². The summed E-state index contributed by atoms with van der Waals surface area (Å²) in [6.45, 7) is 3.82. The van der Waals surface area contributed by atoms with E-state index in [-0.39, 0.29) is 35.7 Å². The first-order chi connectivity index (χ1) is 12.9. The van der Waals surface area contributed by atoms with E-state index in [0.717, 1.165) is 32.1 Å². The van der Waals surface area contributed by atoms with Gasteiger partial charge in [0, 0.05) is 5.25 Å². The number of hydrogen-bond donors (Lipinski definition) is 1. The van der Waals surface area contributed by atoms with Crippen molar-refractivity contribution in [3.63, 3.8) is 0 Å². The molecule has 0 spiro atoms. The molecule has 1 N–H and O–H groups in total. The van der Waals surface area contributed by atoms with Crippen molar-refractivity contribution >= 4 is 10.1 Å². The van der Waals surface area contributed by atoms with Gasteiger partial charge >= 0.3 is 29.6 Å². The van der Waals surface area contributed by atoms with Crippen molar-refractivity contribution in [2.75, 3.05) is 0 Å². The Hall–Kier alpha value is 0.870. The second kappa shape index (κ2) is 21.1. The van der Waals surface area contributed by atoms with E-state index in [0.29, 0.717) is 12.8 Å². The third kappa shape index (κ3) is 20.2. The molecule has 2 atom stereocenters. The summed E-state index contributed by atoms with van der Waals surface area (Å²) in [5.74, 6) is 0. The van der Waals surface area contributed by atoms with Crippen LogP contribution in [0.25, 0.3) is 0 Å². The van der Waals surface area contributed by atoms with Crippen LogP contribution in [0, 0.1) is 0 Å². The van der Waals surface area contributed by atoms with E-state index in [2.05, 4.69) is 0 Å². The van der Waals surface area contributed by atoms with Crippen LogP contribution in [0.1, 0.15) is 129 Å². The summed E-state index contributed by atoms with van der Waals surface area (Å²) in [4.78, 5) is 0. The second-order valence-electron chi connectivity index (χ2n) is 8.11. The maximum Gasteiger partial charge on any atom is 1.00 e. The Morgan fingerprint density at radius 1 is 0.643 bits per heavy atom. The van der Waals surface area contributed by atoms with Gasteiger partial charge in [-0.25, -0.2) is 8.42 Å². The van der Waals surface area contributed by atoms with Gasteiger partial charge in [-0.3, -0.25) is 0 Å². The van der Waals surface area contributed by atoms with Crippen LogP contribution < -0.4 is 29.6 Å². The van der Waals surface area contributed by atoms with E-state index in [1.54, 1.807) is 6.92 Å². The molecule has 0 aliphatic rings. The maximum absolute atomic E-state index is 11.0. The van der Waals surface area contributed by atoms with Gasteiger partial charge in [-0.2, -0.15) is 0 Å². The zero-order valence-corrected chi connectivity index (χ0v) is 21.8. The summed E-state index contributed by atoms with van der Waals surface area (Å²) in [6, 6.07) is 0. The monoisotopic (exact) mass is 428 g/mol. The molecule has 164 valence electrons. The summed E-state index contributed by atoms with van der Waals surface area (Å²) in [6.07, 6.45) is 20.0. The Balaban J connectivity index is 0. The van der Waals surface area contributed by atoms with E-state index in [1.807, 2.05) is 6.92 Å². The van der Waals surface area contributed by atoms with Crippen molar-refractivity contribution in [2.45, 2.75) is 141 Å². The Morgan fingerprint density at radius 3 is 1.25 bits per heavy atom. The van der Waals surface area contributed by atoms with Gasteiger partial charge in [0.25, 0.3) is 0 Å². The molecule has 2 unspecified atom stereocenters. The van der Waals surface area contributed by atoms with Crippen LogP contribution in [0.15, 0.2) is 0 Å². The molecule has 0 bridgehead atoms. The largest absolute Gasteiger partial charge is 1.00 e. The van der Waals surface area contributed by atoms with Gasteiger partial charge < -0.3 is 9.66 Å². The van der Waals surface area contributed by atoms with Crippen molar-refractivity contribution < 1.29 is 47.6 Å². The van der Waals surface area contributed by atoms with Crippen molar-refractivity contribution in [3.05, 3.63) is 0 Å². The van der Waals surface area contributed by atoms with Gasteiger partial charge in [0.1, 0.15) is 0 Å². The summed E-state index contributed by atoms with van der Waals surface area (Å²) in [5.41, 5.74) is 0. The number of aliphatic hydroxyl groups excluding tert-OH is 1. The Labute approximate surface area is 197 Å². The number of aliphatic hydroxyl groups is 1. The first kappa shape index (κ1) is 31.1. The smallest absolute Gasteiger partial charge is 0.748 e. The molecule has 4 nitrogen and oxygen atoms in total. The molecule has 0 aliphatic carbocycles. The molecule has 0 aromatic carbocycles. The van der Waals surface area contributed by atoms with Gasteiger partial charge in [0.15, 0.2) is 0 Å². The topological polar surface area (TPSA) is 77.4 Å². The van der Waals surface area contributed by atoms with E-state index in [1.165, 1.54) is 70.6 Å². The fourth-order valence-electron chi connectivity index (χ4n) is 3.63. The molecule has 0 radical (unpaired) electrons. The van der Waals surface area contributed by atoms with Crippen LogP contribution in [0.4, 0.5) is 0 Å². The van der Waals surface area contributed by atoms with E-state index in [4.69, 9.17) is 0 Å². The average Bonchev–Trinajstić information content (AvgIpc) is 2.63. The molecular formula is C22H45NaO4S. The number of hydrogen-bond acceptors (Lipinski definition) is 4. The normalized spacial score (nSPS) is 13.9. The Kier molecular flexibility index (Phi) is 23.4. The van der Waals surface area contributed by atoms with Gasteiger partial charge in [-0.1, -0.05) is 104 Å². The molecule has 0 aromatic rings. The van der Waals surface area contributed by atoms with E-state index >= 15 is 0 Å². The SMILES string of the molecule is CCC(O)CCCCCCCCCCCCCCCCC(CC)S(=O)(=O)[O-].[Na+]. The van der Waals surface area contributed by atoms with Crippen LogP contribution in [-0.4, -0.2) is 29.4 Å². The summed E-state index contributed by atoms with van der Waals surface area (Å²) in [7, 11) is -4.10. The quantitative estimate of drug-likeness (QED) is 0.183. The van der Waals surface area contributed by atoms with Gasteiger partial charge in [0.2, 0.25) is 0 Å². The molecule has 0 saturated heterocycles. The van der Waals surface area contributed by atoms with Crippen molar-refractivity contribution in [1.29, 1.82) is 0 Å². The van der Waals surface area contributed by atoms with Crippen molar-refractivity contribution in [3.8, 4) is 0 Å². The molecule has 0 heterocycles. The molecule has 6 heteroatoms. The van der Waals surface area contributed by atoms with Crippen LogP contribution in [0.3, 0.4) is 0 Å². The molecule has 28 heavy (non-hydrogen) atoms. The molecule has 0 rings (SSSR count). The number of rotatable bonds is 20. The standard InChI is InChI=1S/C22H46O4S.Na/c1-3-21(23)19-17-15-13-11-9-7-5-6-8-10-12-14-16-18-20-22(4-2)27(24,25)26;/h21-23H,3-20H2,1-2H3,(H,24,25,26);/q;+1/p-1. The third-order valence-corrected chi connectivity index (χ3v) is 7.03.